The summed E-state index contributed by atoms with van der Waals surface area (Å²) in [7, 11) is 0. The van der Waals surface area contributed by atoms with Crippen molar-refractivity contribution in [2.75, 3.05) is 6.54 Å². The summed E-state index contributed by atoms with van der Waals surface area (Å²) in [4.78, 5) is 53.4. The maximum absolute atomic E-state index is 13.4. The van der Waals surface area contributed by atoms with E-state index in [1.165, 1.54) is 0 Å². The van der Waals surface area contributed by atoms with Gasteiger partial charge in [0.05, 0.1) is 0 Å². The summed E-state index contributed by atoms with van der Waals surface area (Å²) < 4.78 is 5.63. The van der Waals surface area contributed by atoms with Crippen LogP contribution in [0.5, 0.6) is 0 Å². The molecule has 0 bridgehead atoms. The zero-order chi connectivity index (χ0) is 23.2. The Balaban J connectivity index is 1.37. The molecule has 1 saturated heterocycles. The van der Waals surface area contributed by atoms with Gasteiger partial charge in [0.2, 0.25) is 11.5 Å². The lowest BCUT2D eigenvalue weighted by Gasteiger charge is -2.30. The summed E-state index contributed by atoms with van der Waals surface area (Å²) in [6.07, 6.45) is 2.95. The van der Waals surface area contributed by atoms with Crippen molar-refractivity contribution in [1.29, 1.82) is 0 Å². The van der Waals surface area contributed by atoms with E-state index in [9.17, 15) is 19.2 Å². The minimum Gasteiger partial charge on any atom is -0.427 e. The Kier molecular flexibility index (Phi) is 5.27. The number of aryl methyl sites for hydroxylation is 1. The lowest BCUT2D eigenvalue weighted by Crippen LogP contribution is -2.47. The molecule has 3 amide bonds. The van der Waals surface area contributed by atoms with Crippen LogP contribution in [0.2, 0.25) is 0 Å². The zero-order valence-electron chi connectivity index (χ0n) is 18.5. The van der Waals surface area contributed by atoms with Gasteiger partial charge in [0.25, 0.3) is 5.91 Å². The van der Waals surface area contributed by atoms with Crippen molar-refractivity contribution >= 4 is 24.2 Å². The van der Waals surface area contributed by atoms with Crippen LogP contribution in [0.4, 0.5) is 4.79 Å². The largest absolute Gasteiger partial charge is 0.427 e. The van der Waals surface area contributed by atoms with E-state index in [0.717, 1.165) is 35.2 Å². The van der Waals surface area contributed by atoms with Crippen LogP contribution in [0.1, 0.15) is 53.2 Å². The van der Waals surface area contributed by atoms with Gasteiger partial charge in [-0.3, -0.25) is 14.4 Å². The van der Waals surface area contributed by atoms with Crippen LogP contribution in [-0.4, -0.2) is 46.6 Å². The molecule has 2 aliphatic carbocycles. The average molecular weight is 447 g/mol. The quantitative estimate of drug-likeness (QED) is 0.609. The van der Waals surface area contributed by atoms with Crippen LogP contribution < -0.4 is 0 Å². The number of rotatable bonds is 7. The predicted molar refractivity (Wildman–Crippen MR) is 119 cm³/mol. The molecule has 0 radical (unpaired) electrons. The normalized spacial score (nSPS) is 22.3. The van der Waals surface area contributed by atoms with Crippen LogP contribution in [0, 0.1) is 5.92 Å². The van der Waals surface area contributed by atoms with Gasteiger partial charge in [-0.05, 0) is 49.3 Å². The first kappa shape index (κ1) is 21.4. The van der Waals surface area contributed by atoms with Gasteiger partial charge in [0.15, 0.2) is 0 Å². The molecule has 7 nitrogen and oxygen atoms in total. The van der Waals surface area contributed by atoms with Gasteiger partial charge < -0.3 is 9.64 Å². The summed E-state index contributed by atoms with van der Waals surface area (Å²) in [6.45, 7) is 2.11. The molecule has 1 spiro atoms. The number of benzene rings is 2. The Bertz CT molecular complexity index is 1130. The second-order valence-electron chi connectivity index (χ2n) is 9.21. The predicted octanol–water partition coefficient (Wildman–Crippen LogP) is 3.45. The zero-order valence-corrected chi connectivity index (χ0v) is 18.5. The molecule has 1 aliphatic heterocycles. The number of hydrogen-bond donors (Lipinski definition) is 0. The molecule has 1 heterocycles. The van der Waals surface area contributed by atoms with Crippen LogP contribution >= 0.6 is 0 Å². The van der Waals surface area contributed by atoms with E-state index in [-0.39, 0.29) is 18.5 Å². The molecule has 2 aromatic rings. The summed E-state index contributed by atoms with van der Waals surface area (Å²) in [6, 6.07) is 14.8. The second-order valence-corrected chi connectivity index (χ2v) is 9.21. The number of ether oxygens (including phenoxy) is 1. The van der Waals surface area contributed by atoms with E-state index < -0.39 is 17.6 Å². The fourth-order valence-corrected chi connectivity index (χ4v) is 5.04. The number of hydrogen-bond acceptors (Lipinski definition) is 5. The lowest BCUT2D eigenvalue weighted by molar-refractivity contribution is -0.143. The molecule has 33 heavy (non-hydrogen) atoms. The monoisotopic (exact) mass is 446 g/mol. The molecule has 7 heteroatoms. The molecular weight excluding hydrogens is 420 g/mol. The summed E-state index contributed by atoms with van der Waals surface area (Å²) >= 11 is 0. The van der Waals surface area contributed by atoms with E-state index >= 15 is 0 Å². The Hall–Kier alpha value is -3.48. The minimum absolute atomic E-state index is 0.0226. The van der Waals surface area contributed by atoms with Gasteiger partial charge in [0, 0.05) is 30.1 Å². The molecule has 3 aliphatic rings. The average Bonchev–Trinajstić information content (AvgIpc) is 3.58. The molecule has 2 fully saturated rings. The first-order valence-corrected chi connectivity index (χ1v) is 11.4. The highest BCUT2D eigenvalue weighted by molar-refractivity contribution is 6.06. The highest BCUT2D eigenvalue weighted by atomic mass is 16.6. The highest BCUT2D eigenvalue weighted by Crippen LogP contribution is 2.45. The third-order valence-electron chi connectivity index (χ3n) is 7.12. The number of carbonyl (C=O) groups is 4. The van der Waals surface area contributed by atoms with Gasteiger partial charge >= 0.3 is 6.09 Å². The fraction of sp³-hybridized carbons (Fsp3) is 0.385. The van der Waals surface area contributed by atoms with Gasteiger partial charge in [-0.2, -0.15) is 0 Å². The molecule has 170 valence electrons. The first-order valence-electron chi connectivity index (χ1n) is 11.4. The number of aldehydes is 1. The molecule has 0 aromatic heterocycles. The summed E-state index contributed by atoms with van der Waals surface area (Å²) in [5.41, 5.74) is 1.54. The van der Waals surface area contributed by atoms with Crippen molar-refractivity contribution in [2.45, 2.75) is 50.8 Å². The van der Waals surface area contributed by atoms with Crippen molar-refractivity contribution in [1.82, 2.24) is 9.80 Å². The summed E-state index contributed by atoms with van der Waals surface area (Å²) in [5, 5.41) is 0. The third-order valence-corrected chi connectivity index (χ3v) is 7.12. The van der Waals surface area contributed by atoms with E-state index in [4.69, 9.17) is 4.74 Å². The standard InChI is InChI=1S/C26H26N2O5/c1-17(20-8-9-20)27(14-18-5-3-2-4-6-18)23(30)15-28-24(31)26(33-25(28)32)12-11-21-13-19(16-29)7-10-22(21)26/h2-7,10,13,16-17,20H,8-9,11-12,14-15H2,1H3/t17-,26?/m0/s1. The SMILES string of the molecule is C[C@@H](C1CC1)N(Cc1ccccc1)C(=O)CN1C(=O)OC2(CCc3cc(C=O)ccc32)C1=O. The van der Waals surface area contributed by atoms with E-state index in [0.29, 0.717) is 36.4 Å². The fourth-order valence-electron chi connectivity index (χ4n) is 5.04. The van der Waals surface area contributed by atoms with Crippen molar-refractivity contribution in [3.05, 3.63) is 70.8 Å². The minimum atomic E-state index is -1.40. The molecule has 2 atom stereocenters. The third kappa shape index (κ3) is 3.71. The van der Waals surface area contributed by atoms with Crippen molar-refractivity contribution < 1.29 is 23.9 Å². The number of amides is 3. The molecule has 0 N–H and O–H groups in total. The van der Waals surface area contributed by atoms with Gasteiger partial charge in [0.1, 0.15) is 12.8 Å². The van der Waals surface area contributed by atoms with Crippen LogP contribution in [0.3, 0.4) is 0 Å². The number of nitrogens with zero attached hydrogens (tertiary/aromatic N) is 2. The highest BCUT2D eigenvalue weighted by Gasteiger charge is 2.58. The Morgan fingerprint density at radius 3 is 2.67 bits per heavy atom. The molecule has 1 saturated carbocycles. The molecular formula is C26H26N2O5. The molecule has 2 aromatic carbocycles. The lowest BCUT2D eigenvalue weighted by atomic mass is 9.94. The Morgan fingerprint density at radius 1 is 1.21 bits per heavy atom. The van der Waals surface area contributed by atoms with Crippen LogP contribution in [0.15, 0.2) is 48.5 Å². The van der Waals surface area contributed by atoms with Crippen LogP contribution in [-0.2, 0) is 32.9 Å². The second kappa shape index (κ2) is 8.14. The topological polar surface area (TPSA) is 84.0 Å². The maximum atomic E-state index is 13.4. The number of fused-ring (bicyclic) bond motifs is 2. The maximum Gasteiger partial charge on any atom is 0.418 e. The van der Waals surface area contributed by atoms with E-state index in [1.54, 1.807) is 23.1 Å². The van der Waals surface area contributed by atoms with E-state index in [2.05, 4.69) is 0 Å². The van der Waals surface area contributed by atoms with Gasteiger partial charge in [-0.1, -0.05) is 42.5 Å². The van der Waals surface area contributed by atoms with Gasteiger partial charge in [-0.15, -0.1) is 0 Å². The Morgan fingerprint density at radius 2 is 1.97 bits per heavy atom. The van der Waals surface area contributed by atoms with Crippen molar-refractivity contribution in [3.8, 4) is 0 Å². The smallest absolute Gasteiger partial charge is 0.418 e. The number of carbonyl (C=O) groups excluding carboxylic acids is 4. The van der Waals surface area contributed by atoms with E-state index in [1.807, 2.05) is 37.3 Å². The number of imide groups is 1. The van der Waals surface area contributed by atoms with Crippen molar-refractivity contribution in [2.24, 2.45) is 5.92 Å². The van der Waals surface area contributed by atoms with Crippen LogP contribution in [0.25, 0.3) is 0 Å². The molecule has 1 unspecified atom stereocenters. The van der Waals surface area contributed by atoms with Gasteiger partial charge in [-0.25, -0.2) is 9.69 Å². The first-order chi connectivity index (χ1) is 15.9. The summed E-state index contributed by atoms with van der Waals surface area (Å²) in [5.74, 6) is -0.328. The Labute approximate surface area is 192 Å². The van der Waals surface area contributed by atoms with Crippen molar-refractivity contribution in [3.63, 3.8) is 0 Å². The molecule has 5 rings (SSSR count).